The normalized spacial score (nSPS) is 12.4. The van der Waals surface area contributed by atoms with E-state index in [1.807, 2.05) is 44.4 Å². The van der Waals surface area contributed by atoms with Crippen molar-refractivity contribution in [1.29, 1.82) is 0 Å². The van der Waals surface area contributed by atoms with Crippen LogP contribution in [0.5, 0.6) is 0 Å². The number of nitrogens with zero attached hydrogens (tertiary/aromatic N) is 4. The largest absolute Gasteiger partial charge is 0.264 e. The molecule has 0 atom stereocenters. The van der Waals surface area contributed by atoms with Gasteiger partial charge in [0.15, 0.2) is 0 Å². The van der Waals surface area contributed by atoms with Crippen LogP contribution in [0.15, 0.2) is 98.0 Å². The van der Waals surface area contributed by atoms with Crippen LogP contribution < -0.4 is 0 Å². The number of aromatic nitrogens is 4. The van der Waals surface area contributed by atoms with E-state index in [-0.39, 0.29) is 30.3 Å². The lowest BCUT2D eigenvalue weighted by molar-refractivity contribution is 0.858. The van der Waals surface area contributed by atoms with Crippen molar-refractivity contribution >= 4 is 0 Å². The molecule has 0 N–H and O–H groups in total. The van der Waals surface area contributed by atoms with Crippen molar-refractivity contribution in [3.05, 3.63) is 120 Å². The molecule has 0 aliphatic rings. The SMILES string of the molecule is CC(C)c1cccnc1.[2H]c1ccc(C(C)C)cn1.[2H]c1cncc(C(C)C)c1.[2H]c1nc([2H])c(C(C)C)c([2H])c1[2H]. The first-order chi connectivity index (χ1) is 19.6. The first kappa shape index (κ1) is 21.8. The molecule has 192 valence electrons. The van der Waals surface area contributed by atoms with E-state index in [0.29, 0.717) is 35.5 Å². The van der Waals surface area contributed by atoms with Gasteiger partial charge >= 0.3 is 0 Å². The van der Waals surface area contributed by atoms with Crippen molar-refractivity contribution in [2.75, 3.05) is 0 Å². The second-order valence-electron chi connectivity index (χ2n) is 9.34. The van der Waals surface area contributed by atoms with Gasteiger partial charge in [0.2, 0.25) is 0 Å². The standard InChI is InChI=1S/4C8H11N/c4*1-7(2)8-4-3-5-9-6-8/h4*3-7H,1-2H3/i3D,4D,5D,6D;5D;3D;. The predicted octanol–water partition coefficient (Wildman–Crippen LogP) is 8.82. The summed E-state index contributed by atoms with van der Waals surface area (Å²) in [6.45, 7) is 16.4. The van der Waals surface area contributed by atoms with Gasteiger partial charge in [-0.1, -0.05) is 79.6 Å². The summed E-state index contributed by atoms with van der Waals surface area (Å²) in [5, 5.41) is 0. The molecule has 4 aromatic rings. The number of hydrogen-bond acceptors (Lipinski definition) is 4. The molecule has 4 heteroatoms. The third kappa shape index (κ3) is 13.5. The Morgan fingerprint density at radius 3 is 1.53 bits per heavy atom. The molecule has 0 aliphatic carbocycles. The van der Waals surface area contributed by atoms with Crippen LogP contribution in [0.3, 0.4) is 0 Å². The first-order valence-corrected chi connectivity index (χ1v) is 12.3. The van der Waals surface area contributed by atoms with Crippen LogP contribution in [0.1, 0.15) is 110 Å². The summed E-state index contributed by atoms with van der Waals surface area (Å²) in [6.07, 6.45) is 8.81. The Balaban J connectivity index is 0.000000283. The molecule has 0 radical (unpaired) electrons. The Morgan fingerprint density at radius 1 is 0.528 bits per heavy atom. The highest BCUT2D eigenvalue weighted by atomic mass is 14.6. The van der Waals surface area contributed by atoms with Gasteiger partial charge in [0.25, 0.3) is 0 Å². The molecule has 0 saturated carbocycles. The molecule has 0 amide bonds. The summed E-state index contributed by atoms with van der Waals surface area (Å²) in [5.74, 6) is 1.57. The van der Waals surface area contributed by atoms with E-state index in [0.717, 1.165) is 5.56 Å². The zero-order valence-electron chi connectivity index (χ0n) is 28.9. The van der Waals surface area contributed by atoms with Crippen LogP contribution in [0.25, 0.3) is 0 Å². The van der Waals surface area contributed by atoms with E-state index in [2.05, 4.69) is 67.5 Å². The smallest absolute Gasteiger partial charge is 0.0843 e. The molecule has 4 heterocycles. The molecule has 0 fully saturated rings. The molecule has 0 spiro atoms. The summed E-state index contributed by atoms with van der Waals surface area (Å²) < 4.78 is 43.9. The molecule has 4 aromatic heterocycles. The van der Waals surface area contributed by atoms with Crippen LogP contribution in [0.2, 0.25) is 0 Å². The van der Waals surface area contributed by atoms with Gasteiger partial charge < -0.3 is 0 Å². The van der Waals surface area contributed by atoms with E-state index in [9.17, 15) is 0 Å². The van der Waals surface area contributed by atoms with Gasteiger partial charge in [0, 0.05) is 49.5 Å². The Labute approximate surface area is 227 Å². The summed E-state index contributed by atoms with van der Waals surface area (Å²) in [4.78, 5) is 15.4. The zero-order valence-corrected chi connectivity index (χ0v) is 22.9. The average Bonchev–Trinajstić information content (AvgIpc) is 2.93. The van der Waals surface area contributed by atoms with Crippen LogP contribution >= 0.6 is 0 Å². The molecule has 0 unspecified atom stereocenters. The highest BCUT2D eigenvalue weighted by molar-refractivity contribution is 5.14. The van der Waals surface area contributed by atoms with Gasteiger partial charge in [-0.15, -0.1) is 0 Å². The molecule has 4 nitrogen and oxygen atoms in total. The van der Waals surface area contributed by atoms with E-state index in [1.54, 1.807) is 24.7 Å². The maximum Gasteiger partial charge on any atom is 0.0843 e. The third-order valence-corrected chi connectivity index (χ3v) is 5.01. The van der Waals surface area contributed by atoms with E-state index < -0.39 is 0 Å². The maximum atomic E-state index is 7.54. The minimum absolute atomic E-state index is 0.00259. The lowest BCUT2D eigenvalue weighted by Crippen LogP contribution is -1.85. The highest BCUT2D eigenvalue weighted by Crippen LogP contribution is 2.12. The van der Waals surface area contributed by atoms with E-state index in [1.165, 1.54) is 11.1 Å². The quantitative estimate of drug-likeness (QED) is 0.287. The summed E-state index contributed by atoms with van der Waals surface area (Å²) in [5.41, 5.74) is 4.07. The van der Waals surface area contributed by atoms with Gasteiger partial charge in [0.1, 0.15) is 0 Å². The van der Waals surface area contributed by atoms with Gasteiger partial charge in [-0.3, -0.25) is 19.9 Å². The van der Waals surface area contributed by atoms with Crippen molar-refractivity contribution in [1.82, 2.24) is 19.9 Å². The maximum absolute atomic E-state index is 7.54. The Bertz CT molecular complexity index is 1350. The molecule has 0 aliphatic heterocycles. The number of rotatable bonds is 4. The average molecular weight is 491 g/mol. The van der Waals surface area contributed by atoms with Crippen LogP contribution in [0, 0.1) is 0 Å². The predicted molar refractivity (Wildman–Crippen MR) is 153 cm³/mol. The first-order valence-electron chi connectivity index (χ1n) is 15.3. The van der Waals surface area contributed by atoms with Gasteiger partial charge in [0.05, 0.1) is 8.22 Å². The third-order valence-electron chi connectivity index (χ3n) is 5.01. The molecular formula is C32H44N4. The Hall–Kier alpha value is -3.40. The Kier molecular flexibility index (Phi) is 10.9. The van der Waals surface area contributed by atoms with Crippen LogP contribution in [-0.2, 0) is 0 Å². The summed E-state index contributed by atoms with van der Waals surface area (Å²) in [7, 11) is 0. The van der Waals surface area contributed by atoms with Crippen molar-refractivity contribution in [2.24, 2.45) is 0 Å². The minimum Gasteiger partial charge on any atom is -0.264 e. The zero-order chi connectivity index (χ0) is 32.0. The Morgan fingerprint density at radius 2 is 1.06 bits per heavy atom. The molecule has 0 aromatic carbocycles. The van der Waals surface area contributed by atoms with Crippen LogP contribution in [-0.4, -0.2) is 19.9 Å². The van der Waals surface area contributed by atoms with Crippen molar-refractivity contribution in [3.63, 3.8) is 0 Å². The van der Waals surface area contributed by atoms with Gasteiger partial charge in [-0.05, 0) is 70.1 Å². The molecule has 0 saturated heterocycles. The fourth-order valence-electron chi connectivity index (χ4n) is 2.56. The second-order valence-corrected chi connectivity index (χ2v) is 9.34. The molecule has 36 heavy (non-hydrogen) atoms. The van der Waals surface area contributed by atoms with Gasteiger partial charge in [-0.25, -0.2) is 0 Å². The molecule has 0 bridgehead atoms. The molecular weight excluding hydrogens is 440 g/mol. The monoisotopic (exact) mass is 490 g/mol. The topological polar surface area (TPSA) is 51.6 Å². The lowest BCUT2D eigenvalue weighted by atomic mass is 10.1. The van der Waals surface area contributed by atoms with Crippen molar-refractivity contribution in [3.8, 4) is 0 Å². The number of pyridine rings is 4. The summed E-state index contributed by atoms with van der Waals surface area (Å²) >= 11 is 0. The second kappa shape index (κ2) is 18.0. The fraction of sp³-hybridized carbons (Fsp3) is 0.375. The van der Waals surface area contributed by atoms with Crippen molar-refractivity contribution in [2.45, 2.75) is 79.1 Å². The van der Waals surface area contributed by atoms with Crippen molar-refractivity contribution < 1.29 is 8.22 Å². The van der Waals surface area contributed by atoms with E-state index >= 15 is 0 Å². The van der Waals surface area contributed by atoms with E-state index in [4.69, 9.17) is 8.22 Å². The minimum atomic E-state index is -0.292. The molecule has 4 rings (SSSR count). The van der Waals surface area contributed by atoms with Crippen LogP contribution in [0.4, 0.5) is 0 Å². The van der Waals surface area contributed by atoms with Gasteiger partial charge in [-0.2, -0.15) is 0 Å². The number of hydrogen-bond donors (Lipinski definition) is 0. The fourth-order valence-corrected chi connectivity index (χ4v) is 2.56. The lowest BCUT2D eigenvalue weighted by Gasteiger charge is -2.00. The highest BCUT2D eigenvalue weighted by Gasteiger charge is 1.96. The summed E-state index contributed by atoms with van der Waals surface area (Å²) in [6, 6.07) is 9.82.